The summed E-state index contributed by atoms with van der Waals surface area (Å²) in [5, 5.41) is 0. The molecule has 8 heteroatoms. The zero-order chi connectivity index (χ0) is 29.8. The van der Waals surface area contributed by atoms with Gasteiger partial charge in [-0.15, -0.1) is 6.58 Å². The summed E-state index contributed by atoms with van der Waals surface area (Å²) in [6.45, 7) is 10.1. The van der Waals surface area contributed by atoms with Crippen LogP contribution in [0.15, 0.2) is 105 Å². The van der Waals surface area contributed by atoms with Gasteiger partial charge in [0.05, 0.1) is 28.5 Å². The van der Waals surface area contributed by atoms with E-state index in [1.807, 2.05) is 85.8 Å². The Morgan fingerprint density at radius 3 is 2.52 bits per heavy atom. The van der Waals surface area contributed by atoms with Crippen molar-refractivity contribution in [2.45, 2.75) is 39.8 Å². The molecule has 0 unspecified atom stereocenters. The standard InChI is InChI=1S/C34H31BrN2O4S/c1-5-7-26-18-24(12-17-28(26)41-20-23-10-15-27(35)16-11-23)19-29-32(38)37-31(25-13-8-21(3)9-14-25)30(33(39)40-6-2)22(4)36-34(37)42-29/h5,8-19,31H,1,6-7,20H2,2-4H3/b29-19+/t31-/m1/s1. The Morgan fingerprint density at radius 1 is 1.10 bits per heavy atom. The molecule has 0 N–H and O–H groups in total. The average molecular weight is 644 g/mol. The number of benzene rings is 3. The Kier molecular flexibility index (Phi) is 9.04. The molecular weight excluding hydrogens is 612 g/mol. The van der Waals surface area contributed by atoms with Gasteiger partial charge in [0.25, 0.3) is 5.56 Å². The number of thiazole rings is 1. The van der Waals surface area contributed by atoms with Crippen molar-refractivity contribution in [2.75, 3.05) is 6.61 Å². The van der Waals surface area contributed by atoms with Crippen LogP contribution in [-0.2, 0) is 22.6 Å². The Hall–Kier alpha value is -4.01. The molecule has 5 rings (SSSR count). The van der Waals surface area contributed by atoms with E-state index in [0.29, 0.717) is 33.6 Å². The molecule has 1 aliphatic rings. The monoisotopic (exact) mass is 642 g/mol. The van der Waals surface area contributed by atoms with Crippen LogP contribution < -0.4 is 19.6 Å². The van der Waals surface area contributed by atoms with E-state index in [2.05, 4.69) is 27.5 Å². The minimum absolute atomic E-state index is 0.209. The number of nitrogens with zero attached hydrogens (tertiary/aromatic N) is 2. The second kappa shape index (κ2) is 12.9. The van der Waals surface area contributed by atoms with Gasteiger partial charge in [0.1, 0.15) is 12.4 Å². The van der Waals surface area contributed by atoms with Crippen molar-refractivity contribution < 1.29 is 14.3 Å². The fourth-order valence-corrected chi connectivity index (χ4v) is 6.20. The molecule has 1 aromatic heterocycles. The molecular formula is C34H31BrN2O4S. The van der Waals surface area contributed by atoms with Crippen LogP contribution in [0.25, 0.3) is 6.08 Å². The lowest BCUT2D eigenvalue weighted by atomic mass is 9.95. The second-order valence-corrected chi connectivity index (χ2v) is 11.9. The summed E-state index contributed by atoms with van der Waals surface area (Å²) in [6, 6.07) is 21.1. The molecule has 1 aliphatic heterocycles. The molecule has 0 saturated heterocycles. The van der Waals surface area contributed by atoms with Crippen molar-refractivity contribution in [3.63, 3.8) is 0 Å². The van der Waals surface area contributed by atoms with Crippen LogP contribution in [0.2, 0.25) is 0 Å². The predicted molar refractivity (Wildman–Crippen MR) is 170 cm³/mol. The summed E-state index contributed by atoms with van der Waals surface area (Å²) in [5.41, 5.74) is 5.53. The van der Waals surface area contributed by atoms with Crippen molar-refractivity contribution in [2.24, 2.45) is 4.99 Å². The number of aryl methyl sites for hydroxylation is 1. The average Bonchev–Trinajstić information content (AvgIpc) is 3.27. The molecule has 0 saturated carbocycles. The van der Waals surface area contributed by atoms with Crippen molar-refractivity contribution >= 4 is 39.3 Å². The van der Waals surface area contributed by atoms with Crippen molar-refractivity contribution in [1.29, 1.82) is 0 Å². The van der Waals surface area contributed by atoms with Crippen LogP contribution >= 0.6 is 27.3 Å². The van der Waals surface area contributed by atoms with Crippen molar-refractivity contribution in [3.8, 4) is 5.75 Å². The smallest absolute Gasteiger partial charge is 0.338 e. The summed E-state index contributed by atoms with van der Waals surface area (Å²) in [6.07, 6.45) is 4.32. The van der Waals surface area contributed by atoms with Gasteiger partial charge in [0, 0.05) is 4.47 Å². The van der Waals surface area contributed by atoms with Crippen LogP contribution in [0.4, 0.5) is 0 Å². The lowest BCUT2D eigenvalue weighted by Crippen LogP contribution is -2.39. The number of halogens is 1. The third-order valence-corrected chi connectivity index (χ3v) is 8.48. The van der Waals surface area contributed by atoms with E-state index in [1.165, 1.54) is 11.3 Å². The maximum atomic E-state index is 13.9. The number of fused-ring (bicyclic) bond motifs is 1. The molecule has 3 aromatic carbocycles. The third kappa shape index (κ3) is 6.25. The van der Waals surface area contributed by atoms with Gasteiger partial charge < -0.3 is 9.47 Å². The highest BCUT2D eigenvalue weighted by Gasteiger charge is 2.33. The normalized spacial score (nSPS) is 14.8. The van der Waals surface area contributed by atoms with Gasteiger partial charge in [0.2, 0.25) is 0 Å². The first kappa shape index (κ1) is 29.5. The molecule has 0 fully saturated rings. The van der Waals surface area contributed by atoms with E-state index in [4.69, 9.17) is 9.47 Å². The zero-order valence-corrected chi connectivity index (χ0v) is 26.1. The van der Waals surface area contributed by atoms with Gasteiger partial charge in [-0.05, 0) is 79.8 Å². The number of aromatic nitrogens is 1. The Balaban J connectivity index is 1.55. The molecule has 214 valence electrons. The molecule has 1 atom stereocenters. The highest BCUT2D eigenvalue weighted by atomic mass is 79.9. The summed E-state index contributed by atoms with van der Waals surface area (Å²) < 4.78 is 14.7. The molecule has 42 heavy (non-hydrogen) atoms. The fourth-order valence-electron chi connectivity index (χ4n) is 4.89. The van der Waals surface area contributed by atoms with Crippen molar-refractivity contribution in [3.05, 3.63) is 143 Å². The molecule has 0 amide bonds. The van der Waals surface area contributed by atoms with Gasteiger partial charge in [-0.1, -0.05) is 81.4 Å². The number of ether oxygens (including phenoxy) is 2. The minimum atomic E-state index is -0.631. The first-order valence-electron chi connectivity index (χ1n) is 13.7. The molecule has 0 aliphatic carbocycles. The minimum Gasteiger partial charge on any atom is -0.489 e. The van der Waals surface area contributed by atoms with Crippen LogP contribution in [0.5, 0.6) is 5.75 Å². The molecule has 6 nitrogen and oxygen atoms in total. The van der Waals surface area contributed by atoms with E-state index in [-0.39, 0.29) is 12.2 Å². The van der Waals surface area contributed by atoms with Crippen LogP contribution in [0.3, 0.4) is 0 Å². The van der Waals surface area contributed by atoms with Crippen LogP contribution in [0, 0.1) is 6.92 Å². The maximum Gasteiger partial charge on any atom is 0.338 e. The SMILES string of the molecule is C=CCc1cc(/C=c2/sc3n(c2=O)[C@H](c2ccc(C)cc2)C(C(=O)OCC)=C(C)N=3)ccc1OCc1ccc(Br)cc1. The first-order valence-corrected chi connectivity index (χ1v) is 15.3. The number of esters is 1. The Labute approximate surface area is 257 Å². The Bertz CT molecular complexity index is 1850. The highest BCUT2D eigenvalue weighted by Crippen LogP contribution is 2.31. The second-order valence-electron chi connectivity index (χ2n) is 9.99. The molecule has 0 bridgehead atoms. The van der Waals surface area contributed by atoms with Crippen LogP contribution in [-0.4, -0.2) is 17.1 Å². The number of allylic oxidation sites excluding steroid dienone is 2. The summed E-state index contributed by atoms with van der Waals surface area (Å²) >= 11 is 4.77. The molecule has 2 heterocycles. The molecule has 0 radical (unpaired) electrons. The van der Waals surface area contributed by atoms with E-state index in [9.17, 15) is 9.59 Å². The molecule has 0 spiro atoms. The van der Waals surface area contributed by atoms with E-state index in [1.54, 1.807) is 18.4 Å². The summed E-state index contributed by atoms with van der Waals surface area (Å²) in [7, 11) is 0. The zero-order valence-electron chi connectivity index (χ0n) is 23.7. The summed E-state index contributed by atoms with van der Waals surface area (Å²) in [4.78, 5) is 32.2. The third-order valence-electron chi connectivity index (χ3n) is 6.96. The Morgan fingerprint density at radius 2 is 1.83 bits per heavy atom. The van der Waals surface area contributed by atoms with Gasteiger partial charge in [-0.25, -0.2) is 9.79 Å². The maximum absolute atomic E-state index is 13.9. The topological polar surface area (TPSA) is 69.9 Å². The lowest BCUT2D eigenvalue weighted by molar-refractivity contribution is -0.139. The lowest BCUT2D eigenvalue weighted by Gasteiger charge is -2.24. The van der Waals surface area contributed by atoms with Gasteiger partial charge >= 0.3 is 5.97 Å². The fraction of sp³-hybridized carbons (Fsp3) is 0.206. The van der Waals surface area contributed by atoms with Gasteiger partial charge in [0.15, 0.2) is 4.80 Å². The number of hydrogen-bond donors (Lipinski definition) is 0. The first-order chi connectivity index (χ1) is 20.3. The van der Waals surface area contributed by atoms with E-state index in [0.717, 1.165) is 38.0 Å². The van der Waals surface area contributed by atoms with Gasteiger partial charge in [-0.2, -0.15) is 0 Å². The number of carbonyl (C=O) groups excluding carboxylic acids is 1. The largest absolute Gasteiger partial charge is 0.489 e. The van der Waals surface area contributed by atoms with Gasteiger partial charge in [-0.3, -0.25) is 9.36 Å². The van der Waals surface area contributed by atoms with E-state index < -0.39 is 12.0 Å². The van der Waals surface area contributed by atoms with Crippen LogP contribution in [0.1, 0.15) is 47.7 Å². The molecule has 4 aromatic rings. The number of carbonyl (C=O) groups is 1. The predicted octanol–water partition coefficient (Wildman–Crippen LogP) is 6.18. The number of rotatable bonds is 9. The van der Waals surface area contributed by atoms with Crippen molar-refractivity contribution in [1.82, 2.24) is 4.57 Å². The number of hydrogen-bond acceptors (Lipinski definition) is 6. The highest BCUT2D eigenvalue weighted by molar-refractivity contribution is 9.10. The van der Waals surface area contributed by atoms with E-state index >= 15 is 0 Å². The quantitative estimate of drug-likeness (QED) is 0.162. The summed E-state index contributed by atoms with van der Waals surface area (Å²) in [5.74, 6) is 0.303.